The number of piperidine rings is 1. The van der Waals surface area contributed by atoms with E-state index >= 15 is 0 Å². The largest absolute Gasteiger partial charge is 0.316 e. The van der Waals surface area contributed by atoms with Gasteiger partial charge in [-0.1, -0.05) is 20.3 Å². The lowest BCUT2D eigenvalue weighted by Crippen LogP contribution is -2.40. The van der Waals surface area contributed by atoms with Gasteiger partial charge in [0.1, 0.15) is 0 Å². The van der Waals surface area contributed by atoms with E-state index in [-0.39, 0.29) is 5.41 Å². The molecule has 1 aliphatic heterocycles. The van der Waals surface area contributed by atoms with Crippen LogP contribution in [0.3, 0.4) is 0 Å². The first-order valence-electron chi connectivity index (χ1n) is 8.77. The van der Waals surface area contributed by atoms with Crippen molar-refractivity contribution < 1.29 is 0 Å². The van der Waals surface area contributed by atoms with Crippen LogP contribution >= 0.6 is 0 Å². The number of nitrogens with zero attached hydrogens (tertiary/aromatic N) is 2. The van der Waals surface area contributed by atoms with Gasteiger partial charge in [0.2, 0.25) is 0 Å². The highest BCUT2D eigenvalue weighted by Gasteiger charge is 2.20. The zero-order valence-electron chi connectivity index (χ0n) is 14.6. The third kappa shape index (κ3) is 8.44. The van der Waals surface area contributed by atoms with Gasteiger partial charge in [0.15, 0.2) is 0 Å². The zero-order valence-corrected chi connectivity index (χ0v) is 14.6. The minimum Gasteiger partial charge on any atom is -0.316 e. The number of hydrogen-bond donors (Lipinski definition) is 1. The van der Waals surface area contributed by atoms with Crippen LogP contribution in [0.5, 0.6) is 0 Å². The molecule has 0 radical (unpaired) electrons. The molecule has 0 aromatic heterocycles. The van der Waals surface area contributed by atoms with Crippen molar-refractivity contribution in [1.82, 2.24) is 10.2 Å². The number of unbranched alkanes of at least 4 members (excludes halogenated alkanes) is 1. The second kappa shape index (κ2) is 9.43. The molecular weight excluding hydrogens is 258 g/mol. The second-order valence-corrected chi connectivity index (χ2v) is 7.81. The van der Waals surface area contributed by atoms with E-state index in [1.54, 1.807) is 0 Å². The van der Waals surface area contributed by atoms with Crippen LogP contribution < -0.4 is 5.32 Å². The number of nitrogens with one attached hydrogen (secondary N) is 1. The van der Waals surface area contributed by atoms with Gasteiger partial charge in [0, 0.05) is 6.54 Å². The third-order valence-electron chi connectivity index (χ3n) is 4.42. The molecule has 0 spiro atoms. The molecule has 122 valence electrons. The Kier molecular flexibility index (Phi) is 8.29. The Hall–Kier alpha value is -0.590. The van der Waals surface area contributed by atoms with E-state index in [0.717, 1.165) is 24.8 Å². The van der Waals surface area contributed by atoms with Crippen molar-refractivity contribution in [2.24, 2.45) is 17.3 Å². The van der Waals surface area contributed by atoms with Crippen LogP contribution in [-0.4, -0.2) is 37.6 Å². The molecule has 0 aliphatic carbocycles. The number of likely N-dealkylation sites (tertiary alicyclic amines) is 1. The van der Waals surface area contributed by atoms with Crippen molar-refractivity contribution in [2.75, 3.05) is 32.7 Å². The predicted octanol–water partition coefficient (Wildman–Crippen LogP) is 3.66. The average Bonchev–Trinajstić information content (AvgIpc) is 2.44. The summed E-state index contributed by atoms with van der Waals surface area (Å²) in [5, 5.41) is 12.6. The van der Waals surface area contributed by atoms with Gasteiger partial charge in [-0.2, -0.15) is 5.26 Å². The van der Waals surface area contributed by atoms with Crippen LogP contribution in [0.15, 0.2) is 0 Å². The molecule has 0 aromatic carbocycles. The summed E-state index contributed by atoms with van der Waals surface area (Å²) in [6.07, 6.45) is 6.15. The highest BCUT2D eigenvalue weighted by atomic mass is 15.1. The molecule has 1 rings (SSSR count). The van der Waals surface area contributed by atoms with E-state index in [1.807, 2.05) is 13.8 Å². The maximum absolute atomic E-state index is 9.03. The maximum Gasteiger partial charge on any atom is 0.0683 e. The molecule has 0 bridgehead atoms. The molecule has 1 unspecified atom stereocenters. The van der Waals surface area contributed by atoms with Crippen LogP contribution in [0.25, 0.3) is 0 Å². The van der Waals surface area contributed by atoms with Gasteiger partial charge in [-0.05, 0) is 77.5 Å². The van der Waals surface area contributed by atoms with Gasteiger partial charge in [-0.25, -0.2) is 0 Å². The summed E-state index contributed by atoms with van der Waals surface area (Å²) in [6.45, 7) is 14.7. The summed E-state index contributed by atoms with van der Waals surface area (Å²) in [5.74, 6) is 1.57. The van der Waals surface area contributed by atoms with E-state index in [0.29, 0.717) is 0 Å². The summed E-state index contributed by atoms with van der Waals surface area (Å²) < 4.78 is 0. The topological polar surface area (TPSA) is 39.1 Å². The summed E-state index contributed by atoms with van der Waals surface area (Å²) in [6, 6.07) is 2.40. The van der Waals surface area contributed by atoms with E-state index in [2.05, 4.69) is 30.1 Å². The molecule has 0 amide bonds. The lowest BCUT2D eigenvalue weighted by molar-refractivity contribution is 0.167. The van der Waals surface area contributed by atoms with E-state index in [1.165, 1.54) is 51.9 Å². The lowest BCUT2D eigenvalue weighted by atomic mass is 9.89. The first-order chi connectivity index (χ1) is 9.93. The SMILES string of the molecule is CC(C)CNCC1CCCN(CCCCC(C)(C)C#N)C1. The summed E-state index contributed by atoms with van der Waals surface area (Å²) in [7, 11) is 0. The highest BCUT2D eigenvalue weighted by molar-refractivity contribution is 4.91. The average molecular weight is 293 g/mol. The van der Waals surface area contributed by atoms with Crippen molar-refractivity contribution in [3.05, 3.63) is 0 Å². The molecule has 1 saturated heterocycles. The molecule has 0 aromatic rings. The first kappa shape index (κ1) is 18.5. The van der Waals surface area contributed by atoms with Crippen LogP contribution in [0.2, 0.25) is 0 Å². The van der Waals surface area contributed by atoms with E-state index < -0.39 is 0 Å². The molecule has 3 heteroatoms. The Morgan fingerprint density at radius 3 is 2.76 bits per heavy atom. The van der Waals surface area contributed by atoms with Crippen molar-refractivity contribution >= 4 is 0 Å². The Bertz CT molecular complexity index is 317. The summed E-state index contributed by atoms with van der Waals surface area (Å²) in [5.41, 5.74) is -0.148. The van der Waals surface area contributed by atoms with Gasteiger partial charge in [0.05, 0.1) is 11.5 Å². The quantitative estimate of drug-likeness (QED) is 0.659. The van der Waals surface area contributed by atoms with Crippen molar-refractivity contribution in [1.29, 1.82) is 5.26 Å². The van der Waals surface area contributed by atoms with Crippen molar-refractivity contribution in [2.45, 2.75) is 59.8 Å². The van der Waals surface area contributed by atoms with Crippen LogP contribution in [-0.2, 0) is 0 Å². The molecule has 1 heterocycles. The zero-order chi connectivity index (χ0) is 15.7. The molecule has 0 saturated carbocycles. The van der Waals surface area contributed by atoms with Crippen molar-refractivity contribution in [3.63, 3.8) is 0 Å². The Balaban J connectivity index is 2.14. The minimum atomic E-state index is -0.148. The van der Waals surface area contributed by atoms with E-state index in [9.17, 15) is 0 Å². The third-order valence-corrected chi connectivity index (χ3v) is 4.42. The molecule has 21 heavy (non-hydrogen) atoms. The van der Waals surface area contributed by atoms with Crippen LogP contribution in [0.4, 0.5) is 0 Å². The van der Waals surface area contributed by atoms with Gasteiger partial charge in [0.25, 0.3) is 0 Å². The number of rotatable bonds is 9. The maximum atomic E-state index is 9.03. The van der Waals surface area contributed by atoms with Gasteiger partial charge < -0.3 is 10.2 Å². The summed E-state index contributed by atoms with van der Waals surface area (Å²) >= 11 is 0. The summed E-state index contributed by atoms with van der Waals surface area (Å²) in [4.78, 5) is 2.63. The molecule has 1 fully saturated rings. The van der Waals surface area contributed by atoms with Crippen molar-refractivity contribution in [3.8, 4) is 6.07 Å². The monoisotopic (exact) mass is 293 g/mol. The Morgan fingerprint density at radius 2 is 2.10 bits per heavy atom. The first-order valence-corrected chi connectivity index (χ1v) is 8.77. The minimum absolute atomic E-state index is 0.148. The second-order valence-electron chi connectivity index (χ2n) is 7.81. The number of hydrogen-bond acceptors (Lipinski definition) is 3. The molecule has 1 N–H and O–H groups in total. The lowest BCUT2D eigenvalue weighted by Gasteiger charge is -2.33. The van der Waals surface area contributed by atoms with Crippen LogP contribution in [0.1, 0.15) is 59.8 Å². The fourth-order valence-corrected chi connectivity index (χ4v) is 3.06. The van der Waals surface area contributed by atoms with Gasteiger partial charge in [-0.15, -0.1) is 0 Å². The fourth-order valence-electron chi connectivity index (χ4n) is 3.06. The smallest absolute Gasteiger partial charge is 0.0683 e. The van der Waals surface area contributed by atoms with E-state index in [4.69, 9.17) is 5.26 Å². The van der Waals surface area contributed by atoms with Crippen LogP contribution in [0, 0.1) is 28.6 Å². The molecule has 1 aliphatic rings. The van der Waals surface area contributed by atoms with Gasteiger partial charge in [-0.3, -0.25) is 0 Å². The normalized spacial score (nSPS) is 20.7. The molecule has 1 atom stereocenters. The standard InChI is InChI=1S/C18H35N3/c1-16(2)12-20-13-17-8-7-11-21(14-17)10-6-5-9-18(3,4)15-19/h16-17,20H,5-14H2,1-4H3. The highest BCUT2D eigenvalue weighted by Crippen LogP contribution is 2.22. The molecule has 3 nitrogen and oxygen atoms in total. The Morgan fingerprint density at radius 1 is 1.33 bits per heavy atom. The van der Waals surface area contributed by atoms with Gasteiger partial charge >= 0.3 is 0 Å². The Labute approximate surface area is 132 Å². The predicted molar refractivity (Wildman–Crippen MR) is 90.1 cm³/mol. The fraction of sp³-hybridized carbons (Fsp3) is 0.944. The number of nitriles is 1. The molecular formula is C18H35N3.